The number of thiazole rings is 1. The number of ether oxygens (including phenoxy) is 1. The summed E-state index contributed by atoms with van der Waals surface area (Å²) < 4.78 is 6.49. The van der Waals surface area contributed by atoms with E-state index in [1.165, 1.54) is 16.2 Å². The summed E-state index contributed by atoms with van der Waals surface area (Å²) in [7, 11) is 5.49. The van der Waals surface area contributed by atoms with E-state index in [9.17, 15) is 14.7 Å². The normalized spacial score (nSPS) is 17.1. The zero-order chi connectivity index (χ0) is 28.9. The predicted molar refractivity (Wildman–Crippen MR) is 162 cm³/mol. The highest BCUT2D eigenvalue weighted by Crippen LogP contribution is 2.45. The maximum absolute atomic E-state index is 13.7. The molecule has 1 aliphatic heterocycles. The number of anilines is 2. The van der Waals surface area contributed by atoms with Gasteiger partial charge in [0.05, 0.1) is 28.9 Å². The molecule has 1 saturated heterocycles. The predicted octanol–water partition coefficient (Wildman–Crippen LogP) is 6.60. The number of aliphatic hydroxyl groups is 1. The van der Waals surface area contributed by atoms with Crippen molar-refractivity contribution in [2.24, 2.45) is 0 Å². The van der Waals surface area contributed by atoms with Crippen LogP contribution in [0.5, 0.6) is 5.75 Å². The molecule has 0 aliphatic carbocycles. The van der Waals surface area contributed by atoms with E-state index in [1.807, 2.05) is 74.4 Å². The van der Waals surface area contributed by atoms with Crippen LogP contribution in [-0.2, 0) is 15.0 Å². The molecule has 1 amide bonds. The largest absolute Gasteiger partial charge is 0.507 e. The highest BCUT2D eigenvalue weighted by atomic mass is 32.1. The molecule has 5 rings (SSSR count). The van der Waals surface area contributed by atoms with E-state index >= 15 is 0 Å². The van der Waals surface area contributed by atoms with E-state index in [0.29, 0.717) is 22.0 Å². The summed E-state index contributed by atoms with van der Waals surface area (Å²) in [5, 5.41) is 12.1. The average molecular weight is 556 g/mol. The monoisotopic (exact) mass is 555 g/mol. The number of nitrogens with zero attached hydrogens (tertiary/aromatic N) is 3. The highest BCUT2D eigenvalue weighted by molar-refractivity contribution is 7.22. The Bertz CT molecular complexity index is 1660. The molecule has 4 aromatic rings. The van der Waals surface area contributed by atoms with Crippen LogP contribution in [0.15, 0.2) is 66.2 Å². The molecule has 2 heterocycles. The van der Waals surface area contributed by atoms with Crippen LogP contribution in [0.2, 0.25) is 0 Å². The summed E-state index contributed by atoms with van der Waals surface area (Å²) in [5.41, 5.74) is 4.57. The first kappa shape index (κ1) is 27.4. The number of aryl methyl sites for hydroxylation is 1. The number of hydrogen-bond acceptors (Lipinski definition) is 7. The Kier molecular flexibility index (Phi) is 6.92. The number of carbonyl (C=O) groups excluding carboxylic acids is 2. The highest BCUT2D eigenvalue weighted by Gasteiger charge is 2.48. The molecule has 40 heavy (non-hydrogen) atoms. The first-order valence-corrected chi connectivity index (χ1v) is 13.9. The van der Waals surface area contributed by atoms with Gasteiger partial charge in [-0.2, -0.15) is 0 Å². The average Bonchev–Trinajstić information content (AvgIpc) is 3.44. The number of methoxy groups -OCH3 is 1. The molecule has 0 spiro atoms. The van der Waals surface area contributed by atoms with Crippen molar-refractivity contribution < 1.29 is 19.4 Å². The lowest BCUT2D eigenvalue weighted by Gasteiger charge is -2.25. The number of Topliss-reactive ketones (excluding diaryl/α,β-unsaturated/α-hetero) is 1. The van der Waals surface area contributed by atoms with Gasteiger partial charge in [-0.25, -0.2) is 4.98 Å². The Morgan fingerprint density at radius 2 is 1.73 bits per heavy atom. The quantitative estimate of drug-likeness (QED) is 0.170. The Labute approximate surface area is 238 Å². The lowest BCUT2D eigenvalue weighted by molar-refractivity contribution is -0.132. The lowest BCUT2D eigenvalue weighted by atomic mass is 9.84. The molecule has 206 valence electrons. The van der Waals surface area contributed by atoms with Crippen molar-refractivity contribution >= 4 is 49.8 Å². The molecule has 1 aromatic heterocycles. The van der Waals surface area contributed by atoms with Gasteiger partial charge in [0.25, 0.3) is 5.78 Å². The van der Waals surface area contributed by atoms with Crippen molar-refractivity contribution in [3.63, 3.8) is 0 Å². The number of hydrogen-bond donors (Lipinski definition) is 1. The number of benzene rings is 3. The van der Waals surface area contributed by atoms with E-state index in [-0.39, 0.29) is 16.7 Å². The summed E-state index contributed by atoms with van der Waals surface area (Å²) in [5.74, 6) is -1.01. The van der Waals surface area contributed by atoms with Crippen molar-refractivity contribution in [2.45, 2.75) is 39.2 Å². The Balaban J connectivity index is 1.73. The zero-order valence-corrected chi connectivity index (χ0v) is 24.6. The number of carbonyl (C=O) groups is 2. The minimum atomic E-state index is -0.849. The summed E-state index contributed by atoms with van der Waals surface area (Å²) in [6.07, 6.45) is 0. The van der Waals surface area contributed by atoms with E-state index in [1.54, 1.807) is 19.2 Å². The van der Waals surface area contributed by atoms with Crippen LogP contribution in [0.4, 0.5) is 10.8 Å². The maximum Gasteiger partial charge on any atom is 0.301 e. The minimum absolute atomic E-state index is 0.0306. The SMILES string of the molecule is COc1ccc(/C(O)=C2\C(=O)C(=O)N(c3nc4ccc(C)cc4s3)C2c2ccc(N(C)C)cc2)cc1C(C)(C)C. The Morgan fingerprint density at radius 1 is 1.02 bits per heavy atom. The van der Waals surface area contributed by atoms with Gasteiger partial charge in [0, 0.05) is 30.9 Å². The van der Waals surface area contributed by atoms with E-state index < -0.39 is 17.7 Å². The van der Waals surface area contributed by atoms with Crippen molar-refractivity contribution in [3.05, 3.63) is 88.5 Å². The van der Waals surface area contributed by atoms with Crippen LogP contribution in [0.1, 0.15) is 49.1 Å². The fourth-order valence-electron chi connectivity index (χ4n) is 5.02. The molecular weight excluding hydrogens is 522 g/mol. The third kappa shape index (κ3) is 4.73. The number of aromatic nitrogens is 1. The van der Waals surface area contributed by atoms with Crippen molar-refractivity contribution in [1.29, 1.82) is 0 Å². The zero-order valence-electron chi connectivity index (χ0n) is 23.8. The van der Waals surface area contributed by atoms with Gasteiger partial charge in [-0.05, 0) is 65.9 Å². The van der Waals surface area contributed by atoms with Crippen molar-refractivity contribution in [3.8, 4) is 5.75 Å². The molecular formula is C32H33N3O4S. The van der Waals surface area contributed by atoms with Crippen molar-refractivity contribution in [2.75, 3.05) is 31.0 Å². The van der Waals surface area contributed by atoms with Crippen molar-refractivity contribution in [1.82, 2.24) is 4.98 Å². The van der Waals surface area contributed by atoms with Gasteiger partial charge < -0.3 is 14.7 Å². The molecule has 1 atom stereocenters. The second-order valence-corrected chi connectivity index (χ2v) is 12.3. The van der Waals surface area contributed by atoms with E-state index in [4.69, 9.17) is 9.72 Å². The molecule has 1 fully saturated rings. The second-order valence-electron chi connectivity index (χ2n) is 11.3. The van der Waals surface area contributed by atoms with Crippen LogP contribution in [0.25, 0.3) is 16.0 Å². The van der Waals surface area contributed by atoms with Gasteiger partial charge in [-0.15, -0.1) is 0 Å². The number of aliphatic hydroxyl groups excluding tert-OH is 1. The lowest BCUT2D eigenvalue weighted by Crippen LogP contribution is -2.29. The van der Waals surface area contributed by atoms with Crippen LogP contribution >= 0.6 is 11.3 Å². The smallest absolute Gasteiger partial charge is 0.301 e. The van der Waals surface area contributed by atoms with Gasteiger partial charge in [-0.1, -0.05) is 50.3 Å². The Hall–Kier alpha value is -4.17. The molecule has 7 nitrogen and oxygen atoms in total. The second kappa shape index (κ2) is 10.1. The fraction of sp³-hybridized carbons (Fsp3) is 0.281. The molecule has 1 N–H and O–H groups in total. The summed E-state index contributed by atoms with van der Waals surface area (Å²) in [6.45, 7) is 8.15. The topological polar surface area (TPSA) is 83.0 Å². The van der Waals surface area contributed by atoms with Gasteiger partial charge in [-0.3, -0.25) is 14.5 Å². The van der Waals surface area contributed by atoms with Gasteiger partial charge >= 0.3 is 5.91 Å². The Morgan fingerprint density at radius 3 is 2.35 bits per heavy atom. The molecule has 0 radical (unpaired) electrons. The summed E-state index contributed by atoms with van der Waals surface area (Å²) in [4.78, 5) is 35.4. The third-order valence-corrected chi connectivity index (χ3v) is 8.21. The summed E-state index contributed by atoms with van der Waals surface area (Å²) in [6, 6.07) is 18.0. The molecule has 1 unspecified atom stereocenters. The number of amides is 1. The standard InChI is InChI=1S/C32H33N3O4S/c1-18-8-14-23-25(16-18)40-31(33-23)35-27(19-9-12-21(13-10-19)34(5)6)26(29(37)30(35)38)28(36)20-11-15-24(39-7)22(17-20)32(2,3)4/h8-17,27,36H,1-7H3/b28-26+. The van der Waals surface area contributed by atoms with E-state index in [2.05, 4.69) is 20.8 Å². The van der Waals surface area contributed by atoms with Crippen LogP contribution < -0.4 is 14.5 Å². The molecule has 3 aromatic carbocycles. The number of rotatable bonds is 5. The van der Waals surface area contributed by atoms with Crippen LogP contribution in [-0.4, -0.2) is 43.0 Å². The molecule has 1 aliphatic rings. The van der Waals surface area contributed by atoms with Crippen LogP contribution in [0.3, 0.4) is 0 Å². The summed E-state index contributed by atoms with van der Waals surface area (Å²) >= 11 is 1.35. The van der Waals surface area contributed by atoms with E-state index in [0.717, 1.165) is 27.0 Å². The minimum Gasteiger partial charge on any atom is -0.507 e. The fourth-order valence-corrected chi connectivity index (χ4v) is 6.11. The van der Waals surface area contributed by atoms with Crippen LogP contribution in [0, 0.1) is 6.92 Å². The third-order valence-electron chi connectivity index (χ3n) is 7.19. The molecule has 0 saturated carbocycles. The number of fused-ring (bicyclic) bond motifs is 1. The van der Waals surface area contributed by atoms with Gasteiger partial charge in [0.15, 0.2) is 5.13 Å². The van der Waals surface area contributed by atoms with Gasteiger partial charge in [0.2, 0.25) is 0 Å². The molecule has 0 bridgehead atoms. The molecule has 8 heteroatoms. The van der Waals surface area contributed by atoms with Gasteiger partial charge in [0.1, 0.15) is 11.5 Å². The number of ketones is 1. The first-order chi connectivity index (χ1) is 18.9. The first-order valence-electron chi connectivity index (χ1n) is 13.0. The maximum atomic E-state index is 13.7.